The number of nitriles is 1. The van der Waals surface area contributed by atoms with Crippen molar-refractivity contribution in [2.24, 2.45) is 0 Å². The Labute approximate surface area is 116 Å². The summed E-state index contributed by atoms with van der Waals surface area (Å²) in [5, 5.41) is 19.3. The maximum Gasteiger partial charge on any atom is 0.312 e. The van der Waals surface area contributed by atoms with E-state index < -0.39 is 20.6 Å². The number of ether oxygens (including phenoxy) is 1. The van der Waals surface area contributed by atoms with Crippen LogP contribution >= 0.6 is 0 Å². The lowest BCUT2D eigenvalue weighted by atomic mass is 10.3. The molecule has 1 aromatic rings. The van der Waals surface area contributed by atoms with Crippen LogP contribution in [0.3, 0.4) is 0 Å². The fraction of sp³-hybridized carbons (Fsp3) is 0.364. The van der Waals surface area contributed by atoms with Crippen molar-refractivity contribution >= 4 is 15.7 Å². The number of nitro benzene ring substituents is 1. The van der Waals surface area contributed by atoms with Crippen LogP contribution in [0, 0.1) is 21.4 Å². The van der Waals surface area contributed by atoms with Crippen molar-refractivity contribution < 1.29 is 18.1 Å². The topological polar surface area (TPSA) is 114 Å². The first-order valence-corrected chi connectivity index (χ1v) is 6.94. The number of benzene rings is 1. The summed E-state index contributed by atoms with van der Waals surface area (Å²) < 4.78 is 30.1. The summed E-state index contributed by atoms with van der Waals surface area (Å²) in [6.07, 6.45) is 0.0357. The van der Waals surface area contributed by atoms with Crippen LogP contribution in [0.5, 0.6) is 5.75 Å². The zero-order valence-corrected chi connectivity index (χ0v) is 11.8. The average Bonchev–Trinajstić information content (AvgIpc) is 2.43. The van der Waals surface area contributed by atoms with E-state index in [0.717, 1.165) is 10.4 Å². The van der Waals surface area contributed by atoms with Gasteiger partial charge in [0.25, 0.3) is 0 Å². The molecule has 9 heteroatoms. The van der Waals surface area contributed by atoms with Crippen LogP contribution in [0.2, 0.25) is 0 Å². The van der Waals surface area contributed by atoms with Crippen LogP contribution in [-0.2, 0) is 10.0 Å². The van der Waals surface area contributed by atoms with Gasteiger partial charge in [-0.25, -0.2) is 8.42 Å². The summed E-state index contributed by atoms with van der Waals surface area (Å²) >= 11 is 0. The summed E-state index contributed by atoms with van der Waals surface area (Å²) in [6, 6.07) is 5.23. The Kier molecular flexibility index (Phi) is 5.01. The standard InChI is InChI=1S/C11H13N3O5S/c1-13(7-3-6-12)20(17,18)9-4-5-11(19-2)10(8-9)14(15)16/h4-5,8H,3,7H2,1-2H3. The molecule has 0 aliphatic carbocycles. The van der Waals surface area contributed by atoms with Crippen LogP contribution in [0.25, 0.3) is 0 Å². The second-order valence-corrected chi connectivity index (χ2v) is 5.87. The fourth-order valence-electron chi connectivity index (χ4n) is 1.48. The Hall–Kier alpha value is -2.18. The Bertz CT molecular complexity index is 651. The zero-order chi connectivity index (χ0) is 15.3. The van der Waals surface area contributed by atoms with Crippen LogP contribution < -0.4 is 4.74 Å². The molecular formula is C11H13N3O5S. The molecule has 0 spiro atoms. The molecule has 0 aliphatic heterocycles. The second kappa shape index (κ2) is 6.31. The summed E-state index contributed by atoms with van der Waals surface area (Å²) in [5.74, 6) is -0.0198. The van der Waals surface area contributed by atoms with Gasteiger partial charge in [-0.1, -0.05) is 0 Å². The first-order chi connectivity index (χ1) is 9.34. The Morgan fingerprint density at radius 1 is 1.50 bits per heavy atom. The van der Waals surface area contributed by atoms with E-state index in [4.69, 9.17) is 10.00 Å². The van der Waals surface area contributed by atoms with Crippen molar-refractivity contribution in [1.29, 1.82) is 5.26 Å². The predicted molar refractivity (Wildman–Crippen MR) is 69.7 cm³/mol. The van der Waals surface area contributed by atoms with E-state index in [1.807, 2.05) is 6.07 Å². The van der Waals surface area contributed by atoms with Crippen LogP contribution in [0.4, 0.5) is 5.69 Å². The molecule has 0 atom stereocenters. The molecule has 108 valence electrons. The van der Waals surface area contributed by atoms with E-state index >= 15 is 0 Å². The molecule has 0 radical (unpaired) electrons. The van der Waals surface area contributed by atoms with Gasteiger partial charge >= 0.3 is 5.69 Å². The van der Waals surface area contributed by atoms with Gasteiger partial charge in [0.15, 0.2) is 5.75 Å². The van der Waals surface area contributed by atoms with Gasteiger partial charge in [0.05, 0.1) is 23.0 Å². The number of methoxy groups -OCH3 is 1. The maximum absolute atomic E-state index is 12.2. The van der Waals surface area contributed by atoms with E-state index in [1.54, 1.807) is 0 Å². The number of rotatable bonds is 6. The quantitative estimate of drug-likeness (QED) is 0.574. The molecule has 0 aliphatic rings. The van der Waals surface area contributed by atoms with E-state index in [0.29, 0.717) is 0 Å². The number of hydrogen-bond donors (Lipinski definition) is 0. The SMILES string of the molecule is COc1ccc(S(=O)(=O)N(C)CCC#N)cc1[N+](=O)[O-]. The molecule has 0 N–H and O–H groups in total. The molecule has 0 amide bonds. The molecule has 0 saturated carbocycles. The summed E-state index contributed by atoms with van der Waals surface area (Å²) in [5.41, 5.74) is -0.428. The van der Waals surface area contributed by atoms with Crippen LogP contribution in [-0.4, -0.2) is 38.3 Å². The molecule has 0 fully saturated rings. The highest BCUT2D eigenvalue weighted by Gasteiger charge is 2.25. The fourth-order valence-corrected chi connectivity index (χ4v) is 2.67. The number of sulfonamides is 1. The van der Waals surface area contributed by atoms with Crippen molar-refractivity contribution in [1.82, 2.24) is 4.31 Å². The van der Waals surface area contributed by atoms with Gasteiger partial charge in [0.1, 0.15) is 0 Å². The average molecular weight is 299 g/mol. The monoisotopic (exact) mass is 299 g/mol. The second-order valence-electron chi connectivity index (χ2n) is 3.83. The van der Waals surface area contributed by atoms with Gasteiger partial charge < -0.3 is 4.74 Å². The first kappa shape index (κ1) is 15.9. The normalized spacial score (nSPS) is 11.1. The van der Waals surface area contributed by atoms with Crippen molar-refractivity contribution in [3.05, 3.63) is 28.3 Å². The lowest BCUT2D eigenvalue weighted by molar-refractivity contribution is -0.386. The van der Waals surface area contributed by atoms with Crippen molar-refractivity contribution in [2.75, 3.05) is 20.7 Å². The smallest absolute Gasteiger partial charge is 0.312 e. The minimum atomic E-state index is -3.87. The lowest BCUT2D eigenvalue weighted by Gasteiger charge is -2.15. The molecule has 8 nitrogen and oxygen atoms in total. The molecular weight excluding hydrogens is 286 g/mol. The predicted octanol–water partition coefficient (Wildman–Crippen LogP) is 1.14. The van der Waals surface area contributed by atoms with Crippen LogP contribution in [0.15, 0.2) is 23.1 Å². The first-order valence-electron chi connectivity index (χ1n) is 5.50. The summed E-state index contributed by atoms with van der Waals surface area (Å²) in [6.45, 7) is 0.0126. The molecule has 1 aromatic carbocycles. The van der Waals surface area contributed by atoms with Crippen molar-refractivity contribution in [2.45, 2.75) is 11.3 Å². The molecule has 1 rings (SSSR count). The highest BCUT2D eigenvalue weighted by atomic mass is 32.2. The van der Waals surface area contributed by atoms with Crippen molar-refractivity contribution in [3.63, 3.8) is 0 Å². The molecule has 0 saturated heterocycles. The van der Waals surface area contributed by atoms with Crippen molar-refractivity contribution in [3.8, 4) is 11.8 Å². The van der Waals surface area contributed by atoms with E-state index in [-0.39, 0.29) is 23.6 Å². The molecule has 20 heavy (non-hydrogen) atoms. The van der Waals surface area contributed by atoms with Gasteiger partial charge in [-0.15, -0.1) is 0 Å². The third kappa shape index (κ3) is 3.23. The number of nitro groups is 1. The minimum absolute atomic E-state index is 0.0126. The molecule has 0 bridgehead atoms. The highest BCUT2D eigenvalue weighted by Crippen LogP contribution is 2.30. The summed E-state index contributed by atoms with van der Waals surface area (Å²) in [4.78, 5) is 9.94. The Morgan fingerprint density at radius 2 is 2.15 bits per heavy atom. The van der Waals surface area contributed by atoms with Gasteiger partial charge in [-0.2, -0.15) is 9.57 Å². The van der Waals surface area contributed by atoms with E-state index in [9.17, 15) is 18.5 Å². The van der Waals surface area contributed by atoms with Gasteiger partial charge in [-0.05, 0) is 12.1 Å². The number of nitrogens with zero attached hydrogens (tertiary/aromatic N) is 3. The maximum atomic E-state index is 12.2. The highest BCUT2D eigenvalue weighted by molar-refractivity contribution is 7.89. The van der Waals surface area contributed by atoms with Gasteiger partial charge in [-0.3, -0.25) is 10.1 Å². The summed E-state index contributed by atoms with van der Waals surface area (Å²) in [7, 11) is -1.30. The minimum Gasteiger partial charge on any atom is -0.490 e. The Morgan fingerprint density at radius 3 is 2.65 bits per heavy atom. The van der Waals surface area contributed by atoms with Gasteiger partial charge in [0, 0.05) is 26.1 Å². The lowest BCUT2D eigenvalue weighted by Crippen LogP contribution is -2.27. The third-order valence-electron chi connectivity index (χ3n) is 2.59. The Balaban J connectivity index is 3.23. The molecule has 0 heterocycles. The van der Waals surface area contributed by atoms with E-state index in [2.05, 4.69) is 0 Å². The van der Waals surface area contributed by atoms with Crippen LogP contribution in [0.1, 0.15) is 6.42 Å². The van der Waals surface area contributed by atoms with E-state index in [1.165, 1.54) is 26.3 Å². The third-order valence-corrected chi connectivity index (χ3v) is 4.45. The van der Waals surface area contributed by atoms with Gasteiger partial charge in [0.2, 0.25) is 10.0 Å². The number of hydrogen-bond acceptors (Lipinski definition) is 6. The molecule has 0 unspecified atom stereocenters. The molecule has 0 aromatic heterocycles. The zero-order valence-electron chi connectivity index (χ0n) is 10.9. The largest absolute Gasteiger partial charge is 0.490 e.